The second-order valence-corrected chi connectivity index (χ2v) is 9.03. The highest BCUT2D eigenvalue weighted by atomic mass is 35.5. The lowest BCUT2D eigenvalue weighted by atomic mass is 9.99. The molecule has 0 aromatic heterocycles. The van der Waals surface area contributed by atoms with Crippen LogP contribution in [0, 0.1) is 0 Å². The molecule has 130 valence electrons. The van der Waals surface area contributed by atoms with Crippen molar-refractivity contribution in [3.63, 3.8) is 0 Å². The lowest BCUT2D eigenvalue weighted by molar-refractivity contribution is -0.138. The van der Waals surface area contributed by atoms with E-state index in [-0.39, 0.29) is 0 Å². The van der Waals surface area contributed by atoms with E-state index in [1.165, 1.54) is 0 Å². The number of hydrogen-bond donors (Lipinski definition) is 0. The summed E-state index contributed by atoms with van der Waals surface area (Å²) in [5.74, 6) is -0.396. The maximum absolute atomic E-state index is 13.1. The molecule has 0 saturated carbocycles. The van der Waals surface area contributed by atoms with Crippen LogP contribution < -0.4 is 0 Å². The summed E-state index contributed by atoms with van der Waals surface area (Å²) >= 11 is 6.20. The predicted octanol–water partition coefficient (Wildman–Crippen LogP) is 3.78. The zero-order valence-electron chi connectivity index (χ0n) is 13.6. The molecule has 3 rings (SSSR count). The minimum absolute atomic E-state index is 0.294. The number of rotatable bonds is 4. The molecular weight excluding hydrogens is 348 g/mol. The second-order valence-electron chi connectivity index (χ2n) is 6.27. The van der Waals surface area contributed by atoms with Crippen molar-refractivity contribution in [3.8, 4) is 0 Å². The smallest absolute Gasteiger partial charge is 0.333 e. The number of carbonyl (C=O) groups is 1. The lowest BCUT2D eigenvalue weighted by Crippen LogP contribution is -2.28. The average molecular weight is 369 g/mol. The Morgan fingerprint density at radius 3 is 2.83 bits per heavy atom. The number of ether oxygens (including phenoxy) is 1. The van der Waals surface area contributed by atoms with Crippen LogP contribution in [0.4, 0.5) is 0 Å². The van der Waals surface area contributed by atoms with Crippen LogP contribution in [0.25, 0.3) is 0 Å². The normalized spacial score (nSPS) is 23.5. The summed E-state index contributed by atoms with van der Waals surface area (Å²) in [5.41, 5.74) is 2.25. The summed E-state index contributed by atoms with van der Waals surface area (Å²) in [4.78, 5) is 11.9. The number of carbonyl (C=O) groups excluding carboxylic acids is 1. The van der Waals surface area contributed by atoms with Crippen molar-refractivity contribution in [2.75, 3.05) is 6.61 Å². The molecular formula is C18H21ClO4S. The Bertz CT molecular complexity index is 782. The molecule has 0 bridgehead atoms. The van der Waals surface area contributed by atoms with E-state index in [2.05, 4.69) is 0 Å². The first-order valence-electron chi connectivity index (χ1n) is 8.33. The fourth-order valence-corrected chi connectivity index (χ4v) is 6.23. The number of halogens is 1. The van der Waals surface area contributed by atoms with Crippen LogP contribution in [0.5, 0.6) is 0 Å². The zero-order valence-corrected chi connectivity index (χ0v) is 15.2. The van der Waals surface area contributed by atoms with Crippen molar-refractivity contribution in [2.24, 2.45) is 0 Å². The van der Waals surface area contributed by atoms with Crippen molar-refractivity contribution in [1.29, 1.82) is 0 Å². The van der Waals surface area contributed by atoms with Gasteiger partial charge in [-0.1, -0.05) is 29.8 Å². The Balaban J connectivity index is 1.91. The summed E-state index contributed by atoms with van der Waals surface area (Å²) in [6, 6.07) is 5.46. The summed E-state index contributed by atoms with van der Waals surface area (Å²) < 4.78 is 31.3. The quantitative estimate of drug-likeness (QED) is 0.759. The molecule has 0 amide bonds. The van der Waals surface area contributed by atoms with Crippen LogP contribution in [0.3, 0.4) is 0 Å². The highest BCUT2D eigenvalue weighted by Gasteiger charge is 2.39. The van der Waals surface area contributed by atoms with Crippen molar-refractivity contribution in [3.05, 3.63) is 46.0 Å². The Morgan fingerprint density at radius 2 is 2.08 bits per heavy atom. The molecule has 2 aliphatic carbocycles. The van der Waals surface area contributed by atoms with Gasteiger partial charge in [-0.3, -0.25) is 0 Å². The number of hydrogen-bond acceptors (Lipinski definition) is 4. The standard InChI is InChI=1S/C18H21ClO4S/c1-2-23-18(20)12-5-3-6-13(11-12)24(21,22)17-10-9-14-15(17)7-4-8-16(14)19/h4,7-8,11,13,17H,2-3,5-6,9-10H2,1H3. The van der Waals surface area contributed by atoms with Gasteiger partial charge >= 0.3 is 5.97 Å². The SMILES string of the molecule is CCOC(=O)C1=CC(S(=O)(=O)C2CCc3c(Cl)cccc32)CCC1. The molecule has 1 aromatic rings. The first-order valence-corrected chi connectivity index (χ1v) is 10.3. The minimum atomic E-state index is -3.42. The third kappa shape index (κ3) is 3.11. The van der Waals surface area contributed by atoms with E-state index in [1.807, 2.05) is 6.07 Å². The maximum atomic E-state index is 13.1. The molecule has 0 fully saturated rings. The van der Waals surface area contributed by atoms with E-state index < -0.39 is 26.3 Å². The van der Waals surface area contributed by atoms with E-state index in [9.17, 15) is 13.2 Å². The lowest BCUT2D eigenvalue weighted by Gasteiger charge is -2.24. The van der Waals surface area contributed by atoms with E-state index in [0.717, 1.165) is 11.1 Å². The van der Waals surface area contributed by atoms with Gasteiger partial charge in [-0.05, 0) is 56.2 Å². The molecule has 0 N–H and O–H groups in total. The van der Waals surface area contributed by atoms with Crippen molar-refractivity contribution in [1.82, 2.24) is 0 Å². The first kappa shape index (κ1) is 17.5. The molecule has 6 heteroatoms. The molecule has 2 atom stereocenters. The maximum Gasteiger partial charge on any atom is 0.333 e. The molecule has 4 nitrogen and oxygen atoms in total. The summed E-state index contributed by atoms with van der Waals surface area (Å²) in [6.07, 6.45) is 4.67. The van der Waals surface area contributed by atoms with Crippen LogP contribution in [-0.4, -0.2) is 26.2 Å². The first-order chi connectivity index (χ1) is 11.4. The number of esters is 1. The summed E-state index contributed by atoms with van der Waals surface area (Å²) in [6.45, 7) is 2.04. The molecule has 0 spiro atoms. The van der Waals surface area contributed by atoms with E-state index >= 15 is 0 Å². The molecule has 0 aliphatic heterocycles. The van der Waals surface area contributed by atoms with Crippen LogP contribution in [0.15, 0.2) is 29.8 Å². The van der Waals surface area contributed by atoms with Crippen LogP contribution in [-0.2, 0) is 25.8 Å². The van der Waals surface area contributed by atoms with Gasteiger partial charge in [0.25, 0.3) is 0 Å². The van der Waals surface area contributed by atoms with Gasteiger partial charge in [-0.2, -0.15) is 0 Å². The number of fused-ring (bicyclic) bond motifs is 1. The molecule has 2 aliphatic rings. The molecule has 0 radical (unpaired) electrons. The van der Waals surface area contributed by atoms with Gasteiger partial charge in [0.2, 0.25) is 0 Å². The topological polar surface area (TPSA) is 60.4 Å². The van der Waals surface area contributed by atoms with Crippen molar-refractivity contribution < 1.29 is 17.9 Å². The zero-order chi connectivity index (χ0) is 17.3. The minimum Gasteiger partial charge on any atom is -0.463 e. The van der Waals surface area contributed by atoms with Gasteiger partial charge in [0.05, 0.1) is 17.1 Å². The van der Waals surface area contributed by atoms with Gasteiger partial charge in [0.1, 0.15) is 0 Å². The van der Waals surface area contributed by atoms with Crippen molar-refractivity contribution >= 4 is 27.4 Å². The van der Waals surface area contributed by atoms with E-state index in [1.54, 1.807) is 25.1 Å². The van der Waals surface area contributed by atoms with E-state index in [0.29, 0.717) is 49.3 Å². The Labute approximate surface area is 147 Å². The van der Waals surface area contributed by atoms with Gasteiger partial charge in [-0.15, -0.1) is 0 Å². The average Bonchev–Trinajstić information content (AvgIpc) is 3.01. The highest BCUT2D eigenvalue weighted by molar-refractivity contribution is 7.92. The third-order valence-electron chi connectivity index (χ3n) is 4.84. The Hall–Kier alpha value is -1.33. The van der Waals surface area contributed by atoms with Gasteiger partial charge in [0.15, 0.2) is 9.84 Å². The van der Waals surface area contributed by atoms with E-state index in [4.69, 9.17) is 16.3 Å². The molecule has 1 aromatic carbocycles. The van der Waals surface area contributed by atoms with Crippen LogP contribution >= 0.6 is 11.6 Å². The fraction of sp³-hybridized carbons (Fsp3) is 0.500. The van der Waals surface area contributed by atoms with Crippen LogP contribution in [0.2, 0.25) is 5.02 Å². The monoisotopic (exact) mass is 368 g/mol. The molecule has 0 heterocycles. The number of sulfone groups is 1. The Kier molecular flexibility index (Phi) is 5.02. The summed E-state index contributed by atoms with van der Waals surface area (Å²) in [5, 5.41) is -0.522. The van der Waals surface area contributed by atoms with Crippen molar-refractivity contribution in [2.45, 2.75) is 49.5 Å². The van der Waals surface area contributed by atoms with Gasteiger partial charge in [0, 0.05) is 10.6 Å². The second kappa shape index (κ2) is 6.89. The molecule has 0 saturated heterocycles. The third-order valence-corrected chi connectivity index (χ3v) is 7.69. The van der Waals surface area contributed by atoms with Gasteiger partial charge in [-0.25, -0.2) is 13.2 Å². The largest absolute Gasteiger partial charge is 0.463 e. The molecule has 24 heavy (non-hydrogen) atoms. The number of benzene rings is 1. The molecule has 2 unspecified atom stereocenters. The fourth-order valence-electron chi connectivity index (χ4n) is 3.66. The van der Waals surface area contributed by atoms with Gasteiger partial charge < -0.3 is 4.74 Å². The predicted molar refractivity (Wildman–Crippen MR) is 93.8 cm³/mol. The summed E-state index contributed by atoms with van der Waals surface area (Å²) in [7, 11) is -3.42. The highest BCUT2D eigenvalue weighted by Crippen LogP contribution is 2.43. The van der Waals surface area contributed by atoms with Crippen LogP contribution in [0.1, 0.15) is 49.0 Å². The Morgan fingerprint density at radius 1 is 1.29 bits per heavy atom.